The molecule has 0 fully saturated rings. The van der Waals surface area contributed by atoms with E-state index in [9.17, 15) is 19.2 Å². The van der Waals surface area contributed by atoms with Gasteiger partial charge in [-0.1, -0.05) is 48.5 Å². The van der Waals surface area contributed by atoms with E-state index in [2.05, 4.69) is 0 Å². The van der Waals surface area contributed by atoms with Crippen molar-refractivity contribution in [2.75, 3.05) is 13.6 Å². The van der Waals surface area contributed by atoms with Crippen LogP contribution in [-0.4, -0.2) is 53.2 Å². The van der Waals surface area contributed by atoms with Crippen LogP contribution in [0.2, 0.25) is 0 Å². The summed E-state index contributed by atoms with van der Waals surface area (Å²) in [6.07, 6.45) is -0.984. The van der Waals surface area contributed by atoms with E-state index >= 15 is 0 Å². The minimum Gasteiger partial charge on any atom is -0.451 e. The second kappa shape index (κ2) is 8.68. The second-order valence-electron chi connectivity index (χ2n) is 6.93. The minimum atomic E-state index is -1.03. The molecule has 7 heteroatoms. The van der Waals surface area contributed by atoms with Crippen LogP contribution in [-0.2, 0) is 32.1 Å². The van der Waals surface area contributed by atoms with Crippen molar-refractivity contribution in [3.05, 3.63) is 71.3 Å². The number of rotatable bonds is 6. The normalized spacial score (nSPS) is 14.2. The number of fused-ring (bicyclic) bond motifs is 1. The Balaban J connectivity index is 1.58. The number of esters is 1. The van der Waals surface area contributed by atoms with Gasteiger partial charge < -0.3 is 9.64 Å². The predicted octanol–water partition coefficient (Wildman–Crippen LogP) is 1.80. The number of imide groups is 1. The van der Waals surface area contributed by atoms with Gasteiger partial charge in [-0.15, -0.1) is 0 Å². The number of benzene rings is 2. The molecule has 2 aromatic carbocycles. The van der Waals surface area contributed by atoms with Gasteiger partial charge in [-0.05, 0) is 24.1 Å². The summed E-state index contributed by atoms with van der Waals surface area (Å²) >= 11 is 0. The van der Waals surface area contributed by atoms with Crippen molar-refractivity contribution in [3.63, 3.8) is 0 Å². The molecule has 0 N–H and O–H groups in total. The number of hydrogen-bond acceptors (Lipinski definition) is 5. The third-order valence-electron chi connectivity index (χ3n) is 4.72. The van der Waals surface area contributed by atoms with Gasteiger partial charge in [0, 0.05) is 19.2 Å². The summed E-state index contributed by atoms with van der Waals surface area (Å²) in [5, 5.41) is 0. The first-order valence-electron chi connectivity index (χ1n) is 9.28. The van der Waals surface area contributed by atoms with Crippen LogP contribution in [0.25, 0.3) is 0 Å². The Morgan fingerprint density at radius 3 is 2.45 bits per heavy atom. The molecule has 7 nitrogen and oxygen atoms in total. The zero-order valence-corrected chi connectivity index (χ0v) is 16.3. The van der Waals surface area contributed by atoms with Gasteiger partial charge in [0.05, 0.1) is 6.42 Å². The van der Waals surface area contributed by atoms with E-state index in [1.807, 2.05) is 30.3 Å². The number of hydrogen-bond donors (Lipinski definition) is 0. The molecule has 0 bridgehead atoms. The molecule has 150 valence electrons. The average molecular weight is 394 g/mol. The van der Waals surface area contributed by atoms with Gasteiger partial charge in [0.2, 0.25) is 5.91 Å². The van der Waals surface area contributed by atoms with Gasteiger partial charge in [-0.25, -0.2) is 0 Å². The summed E-state index contributed by atoms with van der Waals surface area (Å²) in [5.41, 5.74) is 1.98. The maximum absolute atomic E-state index is 12.5. The highest BCUT2D eigenvalue weighted by Gasteiger charge is 2.33. The van der Waals surface area contributed by atoms with Crippen molar-refractivity contribution < 1.29 is 23.9 Å². The zero-order valence-electron chi connectivity index (χ0n) is 16.3. The van der Waals surface area contributed by atoms with Crippen LogP contribution in [0.3, 0.4) is 0 Å². The molecule has 0 spiro atoms. The van der Waals surface area contributed by atoms with Crippen molar-refractivity contribution in [2.45, 2.75) is 26.0 Å². The fourth-order valence-electron chi connectivity index (χ4n) is 3.22. The average Bonchev–Trinajstić information content (AvgIpc) is 2.71. The maximum atomic E-state index is 12.5. The summed E-state index contributed by atoms with van der Waals surface area (Å²) in [5.74, 6) is -2.18. The molecule has 3 rings (SSSR count). The Kier molecular flexibility index (Phi) is 6.07. The molecule has 1 heterocycles. The van der Waals surface area contributed by atoms with Crippen LogP contribution in [0, 0.1) is 0 Å². The Bertz CT molecular complexity index is 941. The van der Waals surface area contributed by atoms with E-state index in [1.165, 1.54) is 11.8 Å². The molecule has 0 saturated heterocycles. The van der Waals surface area contributed by atoms with Crippen LogP contribution in [0.4, 0.5) is 0 Å². The summed E-state index contributed by atoms with van der Waals surface area (Å²) in [7, 11) is 1.62. The molecular weight excluding hydrogens is 372 g/mol. The summed E-state index contributed by atoms with van der Waals surface area (Å²) < 4.78 is 5.18. The maximum Gasteiger partial charge on any atom is 0.326 e. The van der Waals surface area contributed by atoms with Gasteiger partial charge in [0.25, 0.3) is 11.8 Å². The zero-order chi connectivity index (χ0) is 21.0. The van der Waals surface area contributed by atoms with Crippen LogP contribution in [0.1, 0.15) is 28.4 Å². The third kappa shape index (κ3) is 4.68. The topological polar surface area (TPSA) is 84.0 Å². The second-order valence-corrected chi connectivity index (χ2v) is 6.93. The number of likely N-dealkylation sites (N-methyl/N-ethyl adjacent to an activating group) is 1. The van der Waals surface area contributed by atoms with Gasteiger partial charge in [-0.2, -0.15) is 0 Å². The first kappa shape index (κ1) is 20.3. The molecule has 1 aliphatic rings. The van der Waals surface area contributed by atoms with Crippen molar-refractivity contribution in [3.8, 4) is 0 Å². The number of ether oxygens (including phenoxy) is 1. The van der Waals surface area contributed by atoms with Crippen molar-refractivity contribution in [2.24, 2.45) is 0 Å². The monoisotopic (exact) mass is 394 g/mol. The smallest absolute Gasteiger partial charge is 0.326 e. The van der Waals surface area contributed by atoms with E-state index in [-0.39, 0.29) is 12.3 Å². The molecule has 29 heavy (non-hydrogen) atoms. The number of carbonyl (C=O) groups is 4. The largest absolute Gasteiger partial charge is 0.451 e. The predicted molar refractivity (Wildman–Crippen MR) is 105 cm³/mol. The van der Waals surface area contributed by atoms with Gasteiger partial charge in [0.15, 0.2) is 6.10 Å². The first-order chi connectivity index (χ1) is 13.9. The molecule has 0 radical (unpaired) electrons. The highest BCUT2D eigenvalue weighted by Crippen LogP contribution is 2.19. The molecule has 3 amide bonds. The quantitative estimate of drug-likeness (QED) is 0.551. The fourth-order valence-corrected chi connectivity index (χ4v) is 3.22. The van der Waals surface area contributed by atoms with Crippen LogP contribution in [0.5, 0.6) is 0 Å². The Hall–Kier alpha value is -3.48. The first-order valence-corrected chi connectivity index (χ1v) is 9.28. The highest BCUT2D eigenvalue weighted by molar-refractivity contribution is 6.11. The molecule has 0 aliphatic carbocycles. The van der Waals surface area contributed by atoms with Crippen molar-refractivity contribution in [1.82, 2.24) is 9.80 Å². The lowest BCUT2D eigenvalue weighted by molar-refractivity contribution is -0.160. The fraction of sp³-hybridized carbons (Fsp3) is 0.273. The number of amides is 3. The molecule has 0 aromatic heterocycles. The summed E-state index contributed by atoms with van der Waals surface area (Å²) in [6.45, 7) is 1.32. The Morgan fingerprint density at radius 2 is 1.72 bits per heavy atom. The standard InChI is InChI=1S/C22H22N2O5/c1-15(21(27)23(2)13-16-8-4-3-5-9-16)29-20(26)14-24-19(25)12-17-10-6-7-11-18(17)22(24)28/h3-11,15H,12-14H2,1-2H3/t15-/m1/s1. The molecule has 0 saturated carbocycles. The van der Waals surface area contributed by atoms with E-state index in [1.54, 1.807) is 31.3 Å². The lowest BCUT2D eigenvalue weighted by Gasteiger charge is -2.27. The molecule has 2 aromatic rings. The number of nitrogens with zero attached hydrogens (tertiary/aromatic N) is 2. The molecular formula is C22H22N2O5. The SMILES string of the molecule is C[C@@H](OC(=O)CN1C(=O)Cc2ccccc2C1=O)C(=O)N(C)Cc1ccccc1. The highest BCUT2D eigenvalue weighted by atomic mass is 16.5. The van der Waals surface area contributed by atoms with E-state index < -0.39 is 30.4 Å². The van der Waals surface area contributed by atoms with Crippen LogP contribution >= 0.6 is 0 Å². The Labute approximate surface area is 168 Å². The molecule has 0 unspecified atom stereocenters. The lowest BCUT2D eigenvalue weighted by atomic mass is 9.98. The number of carbonyl (C=O) groups excluding carboxylic acids is 4. The van der Waals surface area contributed by atoms with Gasteiger partial charge in [0.1, 0.15) is 6.54 Å². The lowest BCUT2D eigenvalue weighted by Crippen LogP contribution is -2.46. The van der Waals surface area contributed by atoms with Crippen molar-refractivity contribution in [1.29, 1.82) is 0 Å². The summed E-state index contributed by atoms with van der Waals surface area (Å²) in [4.78, 5) is 51.8. The minimum absolute atomic E-state index is 0.0451. The molecule has 1 aliphatic heterocycles. The van der Waals surface area contributed by atoms with Crippen molar-refractivity contribution >= 4 is 23.7 Å². The third-order valence-corrected chi connectivity index (χ3v) is 4.72. The van der Waals surface area contributed by atoms with Crippen LogP contribution in [0.15, 0.2) is 54.6 Å². The van der Waals surface area contributed by atoms with E-state index in [0.29, 0.717) is 17.7 Å². The van der Waals surface area contributed by atoms with Crippen LogP contribution < -0.4 is 0 Å². The van der Waals surface area contributed by atoms with E-state index in [4.69, 9.17) is 4.74 Å². The van der Waals surface area contributed by atoms with E-state index in [0.717, 1.165) is 10.5 Å². The van der Waals surface area contributed by atoms with Gasteiger partial charge in [-0.3, -0.25) is 24.1 Å². The van der Waals surface area contributed by atoms with Gasteiger partial charge >= 0.3 is 5.97 Å². The summed E-state index contributed by atoms with van der Waals surface area (Å²) in [6, 6.07) is 16.2. The molecule has 1 atom stereocenters. The Morgan fingerprint density at radius 1 is 1.07 bits per heavy atom.